The molecule has 0 fully saturated rings. The molecule has 0 bridgehead atoms. The molecular formula is C60H50O8Si3. The van der Waals surface area contributed by atoms with Crippen LogP contribution in [-0.4, -0.2) is 26.4 Å². The fraction of sp³-hybridized carbons (Fsp3) is 0. The molecule has 10 aromatic carbocycles. The molecule has 8 nitrogen and oxygen atoms in total. The molecule has 11 heteroatoms. The Bertz CT molecular complexity index is 2750. The van der Waals surface area contributed by atoms with Crippen LogP contribution in [0.1, 0.15) is 0 Å². The van der Waals surface area contributed by atoms with E-state index in [0.29, 0.717) is 40.2 Å². The monoisotopic (exact) mass is 982 g/mol. The fourth-order valence-electron chi connectivity index (χ4n) is 7.33. The van der Waals surface area contributed by atoms with Crippen molar-refractivity contribution in [3.63, 3.8) is 0 Å². The Morgan fingerprint density at radius 2 is 0.296 bits per heavy atom. The smallest absolute Gasteiger partial charge is 0.489 e. The first-order chi connectivity index (χ1) is 35.1. The average molecular weight is 983 g/mol. The lowest BCUT2D eigenvalue weighted by Crippen LogP contribution is -2.74. The third-order valence-electron chi connectivity index (χ3n) is 10.6. The molecule has 0 saturated carbocycles. The molecule has 71 heavy (non-hydrogen) atoms. The van der Waals surface area contributed by atoms with Crippen molar-refractivity contribution in [1.82, 2.24) is 0 Å². The average Bonchev–Trinajstić information content (AvgIpc) is 3.44. The van der Waals surface area contributed by atoms with E-state index >= 15 is 0 Å². The molecule has 0 aliphatic heterocycles. The minimum atomic E-state index is -3.97. The van der Waals surface area contributed by atoms with Crippen LogP contribution in [0.15, 0.2) is 303 Å². The number of benzene rings is 10. The third kappa shape index (κ3) is 12.7. The van der Waals surface area contributed by atoms with Crippen LogP contribution in [0.25, 0.3) is 0 Å². The van der Waals surface area contributed by atoms with E-state index in [1.807, 2.05) is 303 Å². The molecule has 0 unspecified atom stereocenters. The first-order valence-electron chi connectivity index (χ1n) is 23.1. The van der Waals surface area contributed by atoms with E-state index in [9.17, 15) is 0 Å². The normalized spacial score (nSPS) is 11.2. The number of para-hydroxylation sites is 7. The van der Waals surface area contributed by atoms with Gasteiger partial charge in [0.05, 0.1) is 5.19 Å². The summed E-state index contributed by atoms with van der Waals surface area (Å²) in [6.45, 7) is 0. The van der Waals surface area contributed by atoms with Crippen LogP contribution < -0.4 is 46.5 Å². The topological polar surface area (TPSA) is 73.8 Å². The van der Waals surface area contributed by atoms with Gasteiger partial charge in [-0.2, -0.15) is 0 Å². The molecule has 0 N–H and O–H groups in total. The van der Waals surface area contributed by atoms with Gasteiger partial charge < -0.3 is 35.1 Å². The summed E-state index contributed by atoms with van der Waals surface area (Å²) in [4.78, 5) is 0. The lowest BCUT2D eigenvalue weighted by molar-refractivity contribution is 0.203. The summed E-state index contributed by atoms with van der Waals surface area (Å²) >= 11 is 0. The molecule has 0 atom stereocenters. The van der Waals surface area contributed by atoms with E-state index in [-0.39, 0.29) is 0 Å². The molecule has 0 heterocycles. The van der Waals surface area contributed by atoms with E-state index in [4.69, 9.17) is 35.1 Å². The van der Waals surface area contributed by atoms with E-state index < -0.39 is 26.4 Å². The zero-order chi connectivity index (χ0) is 48.3. The van der Waals surface area contributed by atoms with Gasteiger partial charge in [0.25, 0.3) is 0 Å². The summed E-state index contributed by atoms with van der Waals surface area (Å²) in [7, 11) is -11.3. The Kier molecular flexibility index (Phi) is 15.8. The molecular weight excluding hydrogens is 933 g/mol. The molecule has 10 rings (SSSR count). The highest BCUT2D eigenvalue weighted by molar-refractivity contribution is 6.89. The second-order valence-corrected chi connectivity index (χ2v) is 23.1. The SMILES string of the molecule is c1ccc(O[Si](Oc2ccccc2)(O[Si](Oc2ccccc2)(Oc2ccccc2)c2ccccc2)c2ccccc2)cc1.c1ccc(O[Si](Oc2ccccc2)(Oc2ccccc2)c2ccccc2)cc1. The first-order valence-corrected chi connectivity index (χ1v) is 28.3. The summed E-state index contributed by atoms with van der Waals surface area (Å²) in [5, 5.41) is 2.39. The first kappa shape index (κ1) is 47.5. The zero-order valence-electron chi connectivity index (χ0n) is 38.6. The van der Waals surface area contributed by atoms with Crippen LogP contribution >= 0.6 is 0 Å². The summed E-state index contributed by atoms with van der Waals surface area (Å²) in [5.41, 5.74) is 0. The molecule has 0 aromatic heterocycles. The standard InChI is InChI=1S/C36H30O5Si2.C24H20O3Si/c1-7-19-31(20-8-1)37-42(35-27-15-5-16-28-35,38-32-21-9-2-10-22-32)41-43(36-29-17-6-18-30-36,39-33-23-11-3-12-24-33)40-34-25-13-4-14-26-34;1-5-13-21(14-6-1)25-28(24-19-11-4-12-20-24,26-22-15-7-2-8-16-22)27-23-17-9-3-10-18-23/h1-30H;1-20H. The maximum Gasteiger partial charge on any atom is 0.737 e. The second-order valence-electron chi connectivity index (χ2n) is 15.8. The van der Waals surface area contributed by atoms with Crippen LogP contribution in [0.3, 0.4) is 0 Å². The van der Waals surface area contributed by atoms with Crippen LogP contribution in [0, 0.1) is 0 Å². The summed E-state index contributed by atoms with van der Waals surface area (Å²) in [6.07, 6.45) is 0. The van der Waals surface area contributed by atoms with E-state index in [1.165, 1.54) is 0 Å². The summed E-state index contributed by atoms with van der Waals surface area (Å²) < 4.78 is 54.5. The van der Waals surface area contributed by atoms with Crippen molar-refractivity contribution in [2.24, 2.45) is 0 Å². The van der Waals surface area contributed by atoms with Crippen LogP contribution in [0.5, 0.6) is 40.2 Å². The highest BCUT2D eigenvalue weighted by Crippen LogP contribution is 2.30. The zero-order valence-corrected chi connectivity index (χ0v) is 41.6. The van der Waals surface area contributed by atoms with Crippen molar-refractivity contribution in [2.75, 3.05) is 0 Å². The Balaban J connectivity index is 0.000000192. The van der Waals surface area contributed by atoms with Crippen molar-refractivity contribution >= 4 is 42.0 Å². The maximum atomic E-state index is 7.40. The van der Waals surface area contributed by atoms with Crippen molar-refractivity contribution in [3.8, 4) is 40.2 Å². The Hall–Kier alpha value is -8.59. The molecule has 0 saturated heterocycles. The minimum absolute atomic E-state index is 0.601. The quantitative estimate of drug-likeness (QED) is 0.0742. The molecule has 0 aliphatic rings. The van der Waals surface area contributed by atoms with Gasteiger partial charge in [0.1, 0.15) is 40.2 Å². The van der Waals surface area contributed by atoms with Gasteiger partial charge in [0.15, 0.2) is 0 Å². The Morgan fingerprint density at radius 3 is 0.479 bits per heavy atom. The van der Waals surface area contributed by atoms with Gasteiger partial charge in [-0.15, -0.1) is 0 Å². The van der Waals surface area contributed by atoms with Crippen molar-refractivity contribution in [3.05, 3.63) is 303 Å². The number of hydrogen-bond donors (Lipinski definition) is 0. The highest BCUT2D eigenvalue weighted by Gasteiger charge is 2.63. The Morgan fingerprint density at radius 1 is 0.155 bits per heavy atom. The number of rotatable bonds is 19. The molecule has 350 valence electrons. The van der Waals surface area contributed by atoms with E-state index in [2.05, 4.69) is 0 Å². The maximum absolute atomic E-state index is 7.40. The van der Waals surface area contributed by atoms with Crippen molar-refractivity contribution in [2.45, 2.75) is 0 Å². The van der Waals surface area contributed by atoms with Gasteiger partial charge in [0, 0.05) is 10.4 Å². The van der Waals surface area contributed by atoms with Gasteiger partial charge >= 0.3 is 26.4 Å². The van der Waals surface area contributed by atoms with E-state index in [0.717, 1.165) is 15.6 Å². The van der Waals surface area contributed by atoms with Crippen molar-refractivity contribution < 1.29 is 35.1 Å². The van der Waals surface area contributed by atoms with Crippen LogP contribution in [0.2, 0.25) is 0 Å². The van der Waals surface area contributed by atoms with Gasteiger partial charge in [-0.1, -0.05) is 218 Å². The van der Waals surface area contributed by atoms with E-state index in [1.54, 1.807) is 0 Å². The lowest BCUT2D eigenvalue weighted by Gasteiger charge is -2.38. The minimum Gasteiger partial charge on any atom is -0.489 e. The number of hydrogen-bond acceptors (Lipinski definition) is 8. The molecule has 0 spiro atoms. The summed E-state index contributed by atoms with van der Waals surface area (Å²) in [6, 6.07) is 96.7. The van der Waals surface area contributed by atoms with Gasteiger partial charge in [-0.3, -0.25) is 0 Å². The van der Waals surface area contributed by atoms with Gasteiger partial charge in [-0.05, 0) is 84.9 Å². The molecule has 0 amide bonds. The van der Waals surface area contributed by atoms with Gasteiger partial charge in [0.2, 0.25) is 0 Å². The predicted octanol–water partition coefficient (Wildman–Crippen LogP) is 12.1. The second kappa shape index (κ2) is 23.6. The van der Waals surface area contributed by atoms with Crippen molar-refractivity contribution in [1.29, 1.82) is 0 Å². The fourth-order valence-corrected chi connectivity index (χ4v) is 16.3. The largest absolute Gasteiger partial charge is 0.737 e. The van der Waals surface area contributed by atoms with Crippen LogP contribution in [-0.2, 0) is 4.12 Å². The summed E-state index contributed by atoms with van der Waals surface area (Å²) in [5.74, 6) is 4.50. The molecule has 10 aromatic rings. The van der Waals surface area contributed by atoms with Crippen LogP contribution in [0.4, 0.5) is 0 Å². The predicted molar refractivity (Wildman–Crippen MR) is 286 cm³/mol. The Labute approximate surface area is 418 Å². The molecule has 0 radical (unpaired) electrons. The third-order valence-corrected chi connectivity index (χ3v) is 19.4. The molecule has 0 aliphatic carbocycles. The highest BCUT2D eigenvalue weighted by atomic mass is 28.5. The van der Waals surface area contributed by atoms with Gasteiger partial charge in [-0.25, -0.2) is 0 Å². The lowest BCUT2D eigenvalue weighted by atomic mass is 10.3.